The molecule has 0 saturated carbocycles. The van der Waals surface area contributed by atoms with E-state index < -0.39 is 0 Å². The monoisotopic (exact) mass is 268 g/mol. The number of hydrogen-bond donors (Lipinski definition) is 0. The van der Waals surface area contributed by atoms with Gasteiger partial charge in [-0.05, 0) is 28.1 Å². The van der Waals surface area contributed by atoms with Crippen LogP contribution in [0.4, 0.5) is 0 Å². The highest BCUT2D eigenvalue weighted by atomic mass is 79.9. The number of carbonyl (C=O) groups is 1. The Hall–Kier alpha value is -1.36. The molecule has 0 radical (unpaired) electrons. The van der Waals surface area contributed by atoms with Gasteiger partial charge >= 0.3 is 5.97 Å². The molecule has 0 unspecified atom stereocenters. The van der Waals surface area contributed by atoms with E-state index in [0.717, 1.165) is 15.5 Å². The summed E-state index contributed by atoms with van der Waals surface area (Å²) >= 11 is 3.28. The molecule has 0 aliphatic carbocycles. The maximum atomic E-state index is 11.4. The van der Waals surface area contributed by atoms with Crippen LogP contribution in [0.25, 0.3) is 10.9 Å². The molecule has 0 aromatic carbocycles. The third-order valence-electron chi connectivity index (χ3n) is 2.29. The standard InChI is InChI=1S/C10H9BrN2O2/c1-13-7(10(14)15-2)3-6-4-9(11)12-5-8(6)13/h3-5H,1-2H3. The Morgan fingerprint density at radius 3 is 2.93 bits per heavy atom. The van der Waals surface area contributed by atoms with Crippen molar-refractivity contribution >= 4 is 32.8 Å². The van der Waals surface area contributed by atoms with E-state index >= 15 is 0 Å². The number of nitrogens with zero attached hydrogens (tertiary/aromatic N) is 2. The van der Waals surface area contributed by atoms with Crippen molar-refractivity contribution in [2.75, 3.05) is 7.11 Å². The number of aromatic nitrogens is 2. The maximum Gasteiger partial charge on any atom is 0.354 e. The number of halogens is 1. The Balaban J connectivity index is 2.69. The summed E-state index contributed by atoms with van der Waals surface area (Å²) in [5, 5.41) is 0.958. The predicted octanol–water partition coefficient (Wildman–Crippen LogP) is 2.12. The van der Waals surface area contributed by atoms with Gasteiger partial charge in [-0.15, -0.1) is 0 Å². The molecule has 0 bridgehead atoms. The van der Waals surface area contributed by atoms with Crippen LogP contribution in [0.2, 0.25) is 0 Å². The quantitative estimate of drug-likeness (QED) is 0.588. The topological polar surface area (TPSA) is 44.1 Å². The van der Waals surface area contributed by atoms with Crippen LogP contribution in [0.15, 0.2) is 22.9 Å². The lowest BCUT2D eigenvalue weighted by Gasteiger charge is -2.00. The lowest BCUT2D eigenvalue weighted by Crippen LogP contribution is -2.06. The molecule has 0 aliphatic heterocycles. The van der Waals surface area contributed by atoms with Crippen molar-refractivity contribution in [3.63, 3.8) is 0 Å². The summed E-state index contributed by atoms with van der Waals surface area (Å²) in [6.45, 7) is 0. The van der Waals surface area contributed by atoms with Gasteiger partial charge in [0.1, 0.15) is 10.3 Å². The molecule has 2 heterocycles. The van der Waals surface area contributed by atoms with Crippen molar-refractivity contribution in [3.05, 3.63) is 28.6 Å². The van der Waals surface area contributed by atoms with Gasteiger partial charge in [0.05, 0.1) is 18.8 Å². The van der Waals surface area contributed by atoms with Crippen LogP contribution in [0.1, 0.15) is 10.5 Å². The van der Waals surface area contributed by atoms with Gasteiger partial charge in [0.15, 0.2) is 0 Å². The summed E-state index contributed by atoms with van der Waals surface area (Å²) in [5.41, 5.74) is 1.42. The number of esters is 1. The molecular formula is C10H9BrN2O2. The zero-order valence-corrected chi connectivity index (χ0v) is 9.91. The van der Waals surface area contributed by atoms with Gasteiger partial charge in [0.2, 0.25) is 0 Å². The summed E-state index contributed by atoms with van der Waals surface area (Å²) in [4.78, 5) is 15.5. The van der Waals surface area contributed by atoms with Crippen LogP contribution >= 0.6 is 15.9 Å². The largest absolute Gasteiger partial charge is 0.464 e. The van der Waals surface area contributed by atoms with Gasteiger partial charge in [-0.1, -0.05) is 0 Å². The van der Waals surface area contributed by atoms with E-state index in [0.29, 0.717) is 5.69 Å². The van der Waals surface area contributed by atoms with Crippen LogP contribution in [0.3, 0.4) is 0 Å². The molecule has 2 rings (SSSR count). The van der Waals surface area contributed by atoms with Crippen molar-refractivity contribution in [2.24, 2.45) is 7.05 Å². The molecule has 2 aromatic heterocycles. The SMILES string of the molecule is COC(=O)c1cc2cc(Br)ncc2n1C. The molecule has 0 N–H and O–H groups in total. The highest BCUT2D eigenvalue weighted by molar-refractivity contribution is 9.10. The predicted molar refractivity (Wildman–Crippen MR) is 59.8 cm³/mol. The van der Waals surface area contributed by atoms with Crippen LogP contribution in [0.5, 0.6) is 0 Å². The van der Waals surface area contributed by atoms with E-state index in [-0.39, 0.29) is 5.97 Å². The molecule has 0 amide bonds. The molecule has 5 heteroatoms. The van der Waals surface area contributed by atoms with Gasteiger partial charge in [-0.25, -0.2) is 9.78 Å². The minimum atomic E-state index is -0.343. The number of hydrogen-bond acceptors (Lipinski definition) is 3. The number of fused-ring (bicyclic) bond motifs is 1. The van der Waals surface area contributed by atoms with Gasteiger partial charge in [0, 0.05) is 12.4 Å². The fourth-order valence-corrected chi connectivity index (χ4v) is 1.86. The molecule has 0 spiro atoms. The second kappa shape index (κ2) is 3.66. The summed E-state index contributed by atoms with van der Waals surface area (Å²) in [6, 6.07) is 3.65. The van der Waals surface area contributed by atoms with E-state index in [1.54, 1.807) is 16.8 Å². The Labute approximate surface area is 95.0 Å². The van der Waals surface area contributed by atoms with Gasteiger partial charge in [-0.3, -0.25) is 0 Å². The maximum absolute atomic E-state index is 11.4. The second-order valence-electron chi connectivity index (χ2n) is 3.15. The number of carbonyl (C=O) groups excluding carboxylic acids is 1. The molecule has 15 heavy (non-hydrogen) atoms. The zero-order valence-electron chi connectivity index (χ0n) is 8.32. The van der Waals surface area contributed by atoms with Crippen LogP contribution in [-0.4, -0.2) is 22.6 Å². The number of pyridine rings is 1. The number of aryl methyl sites for hydroxylation is 1. The Kier molecular flexibility index (Phi) is 2.48. The van der Waals surface area contributed by atoms with Crippen LogP contribution in [0, 0.1) is 0 Å². The Bertz CT molecular complexity index is 533. The number of methoxy groups -OCH3 is 1. The van der Waals surface area contributed by atoms with Gasteiger partial charge in [0.25, 0.3) is 0 Å². The lowest BCUT2D eigenvalue weighted by molar-refractivity contribution is 0.0590. The highest BCUT2D eigenvalue weighted by Crippen LogP contribution is 2.21. The molecule has 4 nitrogen and oxygen atoms in total. The third-order valence-corrected chi connectivity index (χ3v) is 2.72. The van der Waals surface area contributed by atoms with Crippen LogP contribution in [-0.2, 0) is 11.8 Å². The van der Waals surface area contributed by atoms with Gasteiger partial charge < -0.3 is 9.30 Å². The average Bonchev–Trinajstić information content (AvgIpc) is 2.54. The Morgan fingerprint density at radius 1 is 1.53 bits per heavy atom. The lowest BCUT2D eigenvalue weighted by atomic mass is 10.3. The zero-order chi connectivity index (χ0) is 11.0. The van der Waals surface area contributed by atoms with E-state index in [4.69, 9.17) is 0 Å². The summed E-state index contributed by atoms with van der Waals surface area (Å²) in [5.74, 6) is -0.343. The molecule has 0 aliphatic rings. The Morgan fingerprint density at radius 2 is 2.27 bits per heavy atom. The first-order chi connectivity index (χ1) is 7.13. The van der Waals surface area contributed by atoms with E-state index in [1.807, 2.05) is 13.1 Å². The minimum absolute atomic E-state index is 0.343. The first-order valence-corrected chi connectivity index (χ1v) is 5.12. The molecule has 0 fully saturated rings. The number of rotatable bonds is 1. The average molecular weight is 269 g/mol. The summed E-state index contributed by atoms with van der Waals surface area (Å²) in [6.07, 6.45) is 1.71. The smallest absolute Gasteiger partial charge is 0.354 e. The van der Waals surface area contributed by atoms with E-state index in [1.165, 1.54) is 7.11 Å². The summed E-state index contributed by atoms with van der Waals surface area (Å²) < 4.78 is 7.20. The first-order valence-electron chi connectivity index (χ1n) is 4.33. The van der Waals surface area contributed by atoms with Crippen molar-refractivity contribution < 1.29 is 9.53 Å². The van der Waals surface area contributed by atoms with Crippen molar-refractivity contribution in [1.82, 2.24) is 9.55 Å². The number of ether oxygens (including phenoxy) is 1. The first kappa shape index (κ1) is 10.2. The minimum Gasteiger partial charge on any atom is -0.464 e. The fourth-order valence-electron chi connectivity index (χ4n) is 1.51. The highest BCUT2D eigenvalue weighted by Gasteiger charge is 2.13. The molecule has 2 aromatic rings. The third kappa shape index (κ3) is 1.63. The molecular weight excluding hydrogens is 260 g/mol. The second-order valence-corrected chi connectivity index (χ2v) is 3.96. The van der Waals surface area contributed by atoms with E-state index in [9.17, 15) is 4.79 Å². The normalized spacial score (nSPS) is 10.6. The van der Waals surface area contributed by atoms with E-state index in [2.05, 4.69) is 25.7 Å². The van der Waals surface area contributed by atoms with Crippen molar-refractivity contribution in [2.45, 2.75) is 0 Å². The van der Waals surface area contributed by atoms with Crippen molar-refractivity contribution in [3.8, 4) is 0 Å². The molecule has 0 atom stereocenters. The molecule has 0 saturated heterocycles. The summed E-state index contributed by atoms with van der Waals surface area (Å²) in [7, 11) is 3.18. The van der Waals surface area contributed by atoms with Crippen LogP contribution < -0.4 is 0 Å². The fraction of sp³-hybridized carbons (Fsp3) is 0.200. The van der Waals surface area contributed by atoms with Crippen molar-refractivity contribution in [1.29, 1.82) is 0 Å². The molecule has 78 valence electrons. The van der Waals surface area contributed by atoms with Gasteiger partial charge in [-0.2, -0.15) is 0 Å².